The van der Waals surface area contributed by atoms with Crippen LogP contribution in [0.5, 0.6) is 0 Å². The molecule has 1 atom stereocenters. The summed E-state index contributed by atoms with van der Waals surface area (Å²) < 4.78 is 5.08. The van der Waals surface area contributed by atoms with Crippen molar-refractivity contribution in [2.24, 2.45) is 11.8 Å². The molecule has 0 saturated carbocycles. The predicted molar refractivity (Wildman–Crippen MR) is 63.2 cm³/mol. The summed E-state index contributed by atoms with van der Waals surface area (Å²) in [7, 11) is 0. The molecule has 1 amide bonds. The molecule has 1 heterocycles. The van der Waals surface area contributed by atoms with Crippen molar-refractivity contribution in [1.29, 1.82) is 0 Å². The zero-order valence-corrected chi connectivity index (χ0v) is 9.93. The Morgan fingerprint density at radius 3 is 2.75 bits per heavy atom. The Morgan fingerprint density at radius 1 is 1.44 bits per heavy atom. The van der Waals surface area contributed by atoms with Gasteiger partial charge in [-0.15, -0.1) is 0 Å². The summed E-state index contributed by atoms with van der Waals surface area (Å²) in [6.07, 6.45) is 1.16. The molecule has 0 fully saturated rings. The molecule has 1 aromatic rings. The number of pyridine rings is 1. The molecule has 4 nitrogen and oxygen atoms in total. The first-order chi connectivity index (χ1) is 7.59. The summed E-state index contributed by atoms with van der Waals surface area (Å²) in [6.45, 7) is 6.68. The van der Waals surface area contributed by atoms with Gasteiger partial charge in [-0.1, -0.05) is 26.8 Å². The minimum atomic E-state index is -0.453. The maximum Gasteiger partial charge on any atom is 0.412 e. The third-order valence-electron chi connectivity index (χ3n) is 2.51. The molecule has 0 saturated heterocycles. The van der Waals surface area contributed by atoms with E-state index in [1.165, 1.54) is 0 Å². The van der Waals surface area contributed by atoms with Crippen molar-refractivity contribution in [1.82, 2.24) is 4.98 Å². The fraction of sp³-hybridized carbons (Fsp3) is 0.500. The molecule has 0 aliphatic carbocycles. The second-order valence-electron chi connectivity index (χ2n) is 4.16. The number of carbonyl (C=O) groups is 1. The molecular formula is C12H18N2O2. The molecule has 1 rings (SSSR count). The van der Waals surface area contributed by atoms with Crippen LogP contribution in [0.1, 0.15) is 20.8 Å². The SMILES string of the molecule is CC(C)[C@H](C)COC(=O)Nc1ccccn1. The number of rotatable bonds is 4. The number of nitrogens with one attached hydrogen (secondary N) is 1. The van der Waals surface area contributed by atoms with Crippen LogP contribution in [0, 0.1) is 11.8 Å². The maximum atomic E-state index is 11.4. The first kappa shape index (κ1) is 12.5. The van der Waals surface area contributed by atoms with E-state index in [9.17, 15) is 4.79 Å². The average molecular weight is 222 g/mol. The van der Waals surface area contributed by atoms with Gasteiger partial charge in [0.1, 0.15) is 5.82 Å². The Balaban J connectivity index is 2.32. The third-order valence-corrected chi connectivity index (χ3v) is 2.51. The van der Waals surface area contributed by atoms with Crippen molar-refractivity contribution in [2.75, 3.05) is 11.9 Å². The summed E-state index contributed by atoms with van der Waals surface area (Å²) in [6, 6.07) is 5.31. The van der Waals surface area contributed by atoms with Gasteiger partial charge < -0.3 is 4.74 Å². The lowest BCUT2D eigenvalue weighted by Gasteiger charge is -2.15. The van der Waals surface area contributed by atoms with E-state index in [4.69, 9.17) is 4.74 Å². The molecule has 1 aromatic heterocycles. The minimum Gasteiger partial charge on any atom is -0.449 e. The van der Waals surface area contributed by atoms with Crippen LogP contribution in [0.4, 0.5) is 10.6 Å². The number of amides is 1. The van der Waals surface area contributed by atoms with Crippen molar-refractivity contribution >= 4 is 11.9 Å². The first-order valence-corrected chi connectivity index (χ1v) is 5.44. The molecule has 88 valence electrons. The summed E-state index contributed by atoms with van der Waals surface area (Å²) >= 11 is 0. The molecule has 0 aliphatic rings. The molecule has 16 heavy (non-hydrogen) atoms. The third kappa shape index (κ3) is 4.29. The fourth-order valence-corrected chi connectivity index (χ4v) is 0.977. The highest BCUT2D eigenvalue weighted by Gasteiger charge is 2.10. The Kier molecular flexibility index (Phi) is 4.76. The highest BCUT2D eigenvalue weighted by molar-refractivity contribution is 5.83. The van der Waals surface area contributed by atoms with E-state index in [1.807, 2.05) is 0 Å². The van der Waals surface area contributed by atoms with E-state index in [-0.39, 0.29) is 0 Å². The Labute approximate surface area is 96.0 Å². The van der Waals surface area contributed by atoms with Crippen LogP contribution in [-0.4, -0.2) is 17.7 Å². The maximum absolute atomic E-state index is 11.4. The Morgan fingerprint density at radius 2 is 2.19 bits per heavy atom. The number of carbonyl (C=O) groups excluding carboxylic acids is 1. The summed E-state index contributed by atoms with van der Waals surface area (Å²) in [5.74, 6) is 1.36. The molecule has 0 aliphatic heterocycles. The number of hydrogen-bond acceptors (Lipinski definition) is 3. The van der Waals surface area contributed by atoms with Crippen molar-refractivity contribution in [3.63, 3.8) is 0 Å². The molecule has 0 unspecified atom stereocenters. The van der Waals surface area contributed by atoms with Gasteiger partial charge >= 0.3 is 6.09 Å². The second kappa shape index (κ2) is 6.10. The number of aromatic nitrogens is 1. The minimum absolute atomic E-state index is 0.356. The first-order valence-electron chi connectivity index (χ1n) is 5.44. The quantitative estimate of drug-likeness (QED) is 0.852. The topological polar surface area (TPSA) is 51.2 Å². The normalized spacial score (nSPS) is 12.2. The van der Waals surface area contributed by atoms with Crippen LogP contribution >= 0.6 is 0 Å². The molecule has 0 bridgehead atoms. The molecule has 0 aromatic carbocycles. The van der Waals surface area contributed by atoms with Gasteiger partial charge in [-0.05, 0) is 24.0 Å². The Hall–Kier alpha value is -1.58. The summed E-state index contributed by atoms with van der Waals surface area (Å²) in [4.78, 5) is 15.3. The zero-order chi connectivity index (χ0) is 12.0. The second-order valence-corrected chi connectivity index (χ2v) is 4.16. The lowest BCUT2D eigenvalue weighted by molar-refractivity contribution is 0.133. The predicted octanol–water partition coefficient (Wildman–Crippen LogP) is 2.92. The van der Waals surface area contributed by atoms with Gasteiger partial charge in [0.05, 0.1) is 6.61 Å². The van der Waals surface area contributed by atoms with Gasteiger partial charge in [-0.25, -0.2) is 9.78 Å². The van der Waals surface area contributed by atoms with Crippen LogP contribution in [0.25, 0.3) is 0 Å². The average Bonchev–Trinajstić information content (AvgIpc) is 2.27. The Bertz CT molecular complexity index is 325. The van der Waals surface area contributed by atoms with Crippen LogP contribution < -0.4 is 5.32 Å². The van der Waals surface area contributed by atoms with Gasteiger partial charge in [0.2, 0.25) is 0 Å². The monoisotopic (exact) mass is 222 g/mol. The van der Waals surface area contributed by atoms with Crippen LogP contribution in [0.2, 0.25) is 0 Å². The van der Waals surface area contributed by atoms with E-state index in [0.717, 1.165) is 0 Å². The van der Waals surface area contributed by atoms with Gasteiger partial charge in [0.15, 0.2) is 0 Å². The van der Waals surface area contributed by atoms with Crippen molar-refractivity contribution in [3.05, 3.63) is 24.4 Å². The number of anilines is 1. The van der Waals surface area contributed by atoms with Crippen molar-refractivity contribution in [3.8, 4) is 0 Å². The number of ether oxygens (including phenoxy) is 1. The standard InChI is InChI=1S/C12H18N2O2/c1-9(2)10(3)8-16-12(15)14-11-6-4-5-7-13-11/h4-7,9-10H,8H2,1-3H3,(H,13,14,15)/t10-/m1/s1. The van der Waals surface area contributed by atoms with Crippen LogP contribution in [0.15, 0.2) is 24.4 Å². The fourth-order valence-electron chi connectivity index (χ4n) is 0.977. The van der Waals surface area contributed by atoms with Crippen LogP contribution in [0.3, 0.4) is 0 Å². The van der Waals surface area contributed by atoms with E-state index in [2.05, 4.69) is 31.1 Å². The molecule has 0 radical (unpaired) electrons. The van der Waals surface area contributed by atoms with Gasteiger partial charge in [-0.3, -0.25) is 5.32 Å². The van der Waals surface area contributed by atoms with Gasteiger partial charge in [0.25, 0.3) is 0 Å². The van der Waals surface area contributed by atoms with Crippen molar-refractivity contribution in [2.45, 2.75) is 20.8 Å². The largest absolute Gasteiger partial charge is 0.449 e. The molecular weight excluding hydrogens is 204 g/mol. The lowest BCUT2D eigenvalue weighted by Crippen LogP contribution is -2.20. The zero-order valence-electron chi connectivity index (χ0n) is 9.93. The summed E-state index contributed by atoms with van der Waals surface area (Å²) in [5, 5.41) is 2.56. The molecule has 4 heteroatoms. The smallest absolute Gasteiger partial charge is 0.412 e. The van der Waals surface area contributed by atoms with Gasteiger partial charge in [0, 0.05) is 6.20 Å². The van der Waals surface area contributed by atoms with E-state index in [1.54, 1.807) is 24.4 Å². The van der Waals surface area contributed by atoms with E-state index >= 15 is 0 Å². The number of hydrogen-bond donors (Lipinski definition) is 1. The van der Waals surface area contributed by atoms with E-state index in [0.29, 0.717) is 24.3 Å². The highest BCUT2D eigenvalue weighted by atomic mass is 16.5. The molecule has 1 N–H and O–H groups in total. The van der Waals surface area contributed by atoms with Crippen LogP contribution in [-0.2, 0) is 4.74 Å². The molecule has 0 spiro atoms. The van der Waals surface area contributed by atoms with E-state index < -0.39 is 6.09 Å². The number of nitrogens with zero attached hydrogens (tertiary/aromatic N) is 1. The van der Waals surface area contributed by atoms with Crippen molar-refractivity contribution < 1.29 is 9.53 Å². The lowest BCUT2D eigenvalue weighted by atomic mass is 10.00. The van der Waals surface area contributed by atoms with Gasteiger partial charge in [-0.2, -0.15) is 0 Å². The highest BCUT2D eigenvalue weighted by Crippen LogP contribution is 2.10. The summed E-state index contributed by atoms with van der Waals surface area (Å²) in [5.41, 5.74) is 0.